The van der Waals surface area contributed by atoms with Crippen molar-refractivity contribution in [3.05, 3.63) is 108 Å². The fourth-order valence-electron chi connectivity index (χ4n) is 9.66. The molecule has 0 aromatic heterocycles. The van der Waals surface area contributed by atoms with Gasteiger partial charge in [0.1, 0.15) is 0 Å². The lowest BCUT2D eigenvalue weighted by Gasteiger charge is -2.46. The molecular weight excluding hydrogens is 599 g/mol. The van der Waals surface area contributed by atoms with Gasteiger partial charge in [0.2, 0.25) is 0 Å². The van der Waals surface area contributed by atoms with Gasteiger partial charge in [-0.15, -0.1) is 0 Å². The minimum atomic E-state index is 0.546. The first-order valence-corrected chi connectivity index (χ1v) is 20.1. The van der Waals surface area contributed by atoms with Crippen molar-refractivity contribution in [3.8, 4) is 0 Å². The van der Waals surface area contributed by atoms with Crippen LogP contribution in [-0.2, 0) is 19.3 Å². The highest BCUT2D eigenvalue weighted by molar-refractivity contribution is 5.19. The van der Waals surface area contributed by atoms with Crippen LogP contribution in [0.5, 0.6) is 0 Å². The minimum absolute atomic E-state index is 0.546. The Kier molecular flexibility index (Phi) is 12.9. The number of nitrogens with one attached hydrogen (secondary N) is 1. The topological polar surface area (TPSA) is 25.0 Å². The first-order valence-electron chi connectivity index (χ1n) is 20.1. The summed E-state index contributed by atoms with van der Waals surface area (Å²) >= 11 is 0. The predicted octanol–water partition coefficient (Wildman–Crippen LogP) is 6.78. The van der Waals surface area contributed by atoms with Gasteiger partial charge in [-0.2, -0.15) is 0 Å². The van der Waals surface area contributed by atoms with Gasteiger partial charge in [0.25, 0.3) is 0 Å². The average Bonchev–Trinajstić information content (AvgIpc) is 3.59. The fourth-order valence-corrected chi connectivity index (χ4v) is 9.66. The zero-order valence-electron chi connectivity index (χ0n) is 30.2. The van der Waals surface area contributed by atoms with Crippen molar-refractivity contribution in [3.63, 3.8) is 0 Å². The SMILES string of the molecule is c1ccc(C[C@H]2CNCCN2CC2CCCN2C[C@H](Cc2ccccc2)N2CCN(CCC3CCCCC3)[C@@H](Cc3ccccc3)C2)cc1. The molecule has 0 radical (unpaired) electrons. The van der Waals surface area contributed by atoms with E-state index in [9.17, 15) is 0 Å². The summed E-state index contributed by atoms with van der Waals surface area (Å²) in [5, 5.41) is 3.71. The third-order valence-corrected chi connectivity index (χ3v) is 12.5. The van der Waals surface area contributed by atoms with Crippen LogP contribution in [0.15, 0.2) is 91.0 Å². The molecule has 3 aliphatic heterocycles. The van der Waals surface area contributed by atoms with Crippen LogP contribution in [0.2, 0.25) is 0 Å². The standard InChI is InChI=1S/C44H63N5/c1-5-14-37(15-6-1)23-26-46-28-29-49(35-43(46)31-39-18-9-3-10-19-39)44(32-40-20-11-4-12-21-40)36-47-25-13-22-41(47)34-48-27-24-45-33-42(48)30-38-16-7-2-8-17-38/h2-4,7-12,16-21,37,41-45H,1,5-6,13-15,22-36H2/t41?,42-,43-,44-/m0/s1. The number of rotatable bonds is 14. The first-order chi connectivity index (χ1) is 24.3. The van der Waals surface area contributed by atoms with Gasteiger partial charge in [-0.05, 0) is 74.2 Å². The summed E-state index contributed by atoms with van der Waals surface area (Å²) in [6, 6.07) is 36.3. The molecule has 3 aromatic carbocycles. The van der Waals surface area contributed by atoms with E-state index in [1.807, 2.05) is 0 Å². The molecule has 0 spiro atoms. The Morgan fingerprint density at radius 1 is 0.592 bits per heavy atom. The third-order valence-electron chi connectivity index (χ3n) is 12.5. The van der Waals surface area contributed by atoms with Crippen molar-refractivity contribution in [1.82, 2.24) is 24.9 Å². The van der Waals surface area contributed by atoms with Gasteiger partial charge in [0.15, 0.2) is 0 Å². The molecule has 5 nitrogen and oxygen atoms in total. The Labute approximate surface area is 298 Å². The van der Waals surface area contributed by atoms with Gasteiger partial charge in [-0.1, -0.05) is 123 Å². The molecule has 1 N–H and O–H groups in total. The van der Waals surface area contributed by atoms with Crippen molar-refractivity contribution in [1.29, 1.82) is 0 Å². The number of hydrogen-bond donors (Lipinski definition) is 1. The van der Waals surface area contributed by atoms with Crippen LogP contribution in [0.1, 0.15) is 68.1 Å². The van der Waals surface area contributed by atoms with E-state index in [4.69, 9.17) is 0 Å². The third kappa shape index (κ3) is 10.0. The van der Waals surface area contributed by atoms with Crippen LogP contribution in [0, 0.1) is 5.92 Å². The zero-order chi connectivity index (χ0) is 33.1. The molecule has 1 unspecified atom stereocenters. The van der Waals surface area contributed by atoms with Gasteiger partial charge in [-0.3, -0.25) is 19.6 Å². The number of likely N-dealkylation sites (tertiary alicyclic amines) is 1. The van der Waals surface area contributed by atoms with E-state index < -0.39 is 0 Å². The Morgan fingerprint density at radius 2 is 1.27 bits per heavy atom. The van der Waals surface area contributed by atoms with Crippen LogP contribution < -0.4 is 5.32 Å². The summed E-state index contributed by atoms with van der Waals surface area (Å²) in [5.74, 6) is 0.949. The van der Waals surface area contributed by atoms with Gasteiger partial charge < -0.3 is 5.32 Å². The van der Waals surface area contributed by atoms with E-state index in [-0.39, 0.29) is 0 Å². The van der Waals surface area contributed by atoms with Crippen LogP contribution in [-0.4, -0.2) is 109 Å². The highest BCUT2D eigenvalue weighted by Gasteiger charge is 2.36. The Hall–Kier alpha value is -2.54. The summed E-state index contributed by atoms with van der Waals surface area (Å²) < 4.78 is 0. The maximum atomic E-state index is 3.71. The number of hydrogen-bond acceptors (Lipinski definition) is 5. The van der Waals surface area contributed by atoms with E-state index in [1.165, 1.54) is 120 Å². The van der Waals surface area contributed by atoms with Crippen LogP contribution in [0.3, 0.4) is 0 Å². The molecule has 4 aliphatic rings. The number of nitrogens with zero attached hydrogens (tertiary/aromatic N) is 4. The highest BCUT2D eigenvalue weighted by Crippen LogP contribution is 2.29. The van der Waals surface area contributed by atoms with E-state index in [2.05, 4.69) is 116 Å². The second-order valence-corrected chi connectivity index (χ2v) is 15.8. The maximum Gasteiger partial charge on any atom is 0.0264 e. The summed E-state index contributed by atoms with van der Waals surface area (Å²) in [5.41, 5.74) is 4.46. The van der Waals surface area contributed by atoms with Crippen LogP contribution >= 0.6 is 0 Å². The smallest absolute Gasteiger partial charge is 0.0264 e. The van der Waals surface area contributed by atoms with E-state index >= 15 is 0 Å². The van der Waals surface area contributed by atoms with Crippen molar-refractivity contribution >= 4 is 0 Å². The van der Waals surface area contributed by atoms with E-state index in [0.29, 0.717) is 24.2 Å². The van der Waals surface area contributed by atoms with Gasteiger partial charge >= 0.3 is 0 Å². The molecule has 1 aliphatic carbocycles. The van der Waals surface area contributed by atoms with E-state index in [0.717, 1.165) is 38.3 Å². The van der Waals surface area contributed by atoms with Crippen LogP contribution in [0.25, 0.3) is 0 Å². The normalized spacial score (nSPS) is 25.8. The lowest BCUT2D eigenvalue weighted by Crippen LogP contribution is -2.60. The zero-order valence-corrected chi connectivity index (χ0v) is 30.2. The molecule has 4 fully saturated rings. The summed E-state index contributed by atoms with van der Waals surface area (Å²) in [6.07, 6.45) is 14.8. The molecule has 3 heterocycles. The predicted molar refractivity (Wildman–Crippen MR) is 205 cm³/mol. The molecule has 1 saturated carbocycles. The average molecular weight is 662 g/mol. The summed E-state index contributed by atoms with van der Waals surface area (Å²) in [4.78, 5) is 11.6. The Balaban J connectivity index is 1.04. The maximum absolute atomic E-state index is 3.71. The molecule has 3 saturated heterocycles. The van der Waals surface area contributed by atoms with Gasteiger partial charge in [-0.25, -0.2) is 0 Å². The molecule has 7 rings (SSSR count). The lowest BCUT2D eigenvalue weighted by molar-refractivity contribution is 0.0263. The van der Waals surface area contributed by atoms with Crippen molar-refractivity contribution in [2.45, 2.75) is 94.8 Å². The highest BCUT2D eigenvalue weighted by atomic mass is 15.3. The Bertz CT molecular complexity index is 1350. The fraction of sp³-hybridized carbons (Fsp3) is 0.591. The lowest BCUT2D eigenvalue weighted by atomic mass is 9.86. The van der Waals surface area contributed by atoms with Crippen molar-refractivity contribution in [2.24, 2.45) is 5.92 Å². The largest absolute Gasteiger partial charge is 0.314 e. The molecule has 49 heavy (non-hydrogen) atoms. The van der Waals surface area contributed by atoms with Gasteiger partial charge in [0.05, 0.1) is 0 Å². The Morgan fingerprint density at radius 3 is 1.98 bits per heavy atom. The molecule has 0 bridgehead atoms. The van der Waals surface area contributed by atoms with Crippen molar-refractivity contribution in [2.75, 3.05) is 65.4 Å². The molecule has 5 heteroatoms. The summed E-state index contributed by atoms with van der Waals surface area (Å²) in [6.45, 7) is 11.9. The molecular formula is C44H63N5. The minimum Gasteiger partial charge on any atom is -0.314 e. The monoisotopic (exact) mass is 662 g/mol. The quantitative estimate of drug-likeness (QED) is 0.206. The van der Waals surface area contributed by atoms with Crippen molar-refractivity contribution < 1.29 is 0 Å². The summed E-state index contributed by atoms with van der Waals surface area (Å²) in [7, 11) is 0. The van der Waals surface area contributed by atoms with Gasteiger partial charge in [0, 0.05) is 76.5 Å². The molecule has 0 amide bonds. The molecule has 4 atom stereocenters. The second-order valence-electron chi connectivity index (χ2n) is 15.8. The van der Waals surface area contributed by atoms with E-state index in [1.54, 1.807) is 0 Å². The number of piperazine rings is 2. The first kappa shape index (κ1) is 34.9. The second kappa shape index (κ2) is 18.1. The molecule has 3 aromatic rings. The van der Waals surface area contributed by atoms with Crippen LogP contribution in [0.4, 0.5) is 0 Å². The molecule has 264 valence electrons. The number of benzene rings is 3.